The van der Waals surface area contributed by atoms with Crippen LogP contribution in [0.4, 0.5) is 8.78 Å². The zero-order valence-electron chi connectivity index (χ0n) is 8.59. The van der Waals surface area contributed by atoms with Crippen LogP contribution in [-0.2, 0) is 10.3 Å². The molecule has 1 aliphatic rings. The second kappa shape index (κ2) is 3.17. The van der Waals surface area contributed by atoms with Crippen molar-refractivity contribution in [2.75, 3.05) is 13.7 Å². The number of hydrogen-bond acceptors (Lipinski definition) is 2. The molecule has 1 aromatic carbocycles. The summed E-state index contributed by atoms with van der Waals surface area (Å²) in [5.41, 5.74) is -1.02. The van der Waals surface area contributed by atoms with Crippen LogP contribution in [0.2, 0.25) is 0 Å². The molecule has 0 aliphatic carbocycles. The summed E-state index contributed by atoms with van der Waals surface area (Å²) < 4.78 is 36.6. The van der Waals surface area contributed by atoms with E-state index in [1.807, 2.05) is 0 Å². The molecule has 0 spiro atoms. The summed E-state index contributed by atoms with van der Waals surface area (Å²) >= 11 is 0. The van der Waals surface area contributed by atoms with Gasteiger partial charge in [0.15, 0.2) is 5.60 Å². The van der Waals surface area contributed by atoms with E-state index >= 15 is 0 Å². The maximum atomic E-state index is 13.3. The van der Waals surface area contributed by atoms with E-state index < -0.39 is 18.1 Å². The number of ether oxygens (including phenoxy) is 2. The van der Waals surface area contributed by atoms with Crippen LogP contribution in [0.5, 0.6) is 5.75 Å². The van der Waals surface area contributed by atoms with Gasteiger partial charge in [0.2, 0.25) is 0 Å². The second-order valence-corrected chi connectivity index (χ2v) is 3.75. The average molecular weight is 214 g/mol. The Morgan fingerprint density at radius 1 is 1.27 bits per heavy atom. The minimum absolute atomic E-state index is 0.472. The first kappa shape index (κ1) is 10.4. The molecular weight excluding hydrogens is 202 g/mol. The molecule has 0 bridgehead atoms. The van der Waals surface area contributed by atoms with Gasteiger partial charge < -0.3 is 9.47 Å². The van der Waals surface area contributed by atoms with Gasteiger partial charge in [-0.3, -0.25) is 0 Å². The fourth-order valence-corrected chi connectivity index (χ4v) is 1.60. The number of halogens is 2. The summed E-state index contributed by atoms with van der Waals surface area (Å²) in [5, 5.41) is 0. The first-order valence-electron chi connectivity index (χ1n) is 4.66. The van der Waals surface area contributed by atoms with Gasteiger partial charge in [0.1, 0.15) is 12.4 Å². The van der Waals surface area contributed by atoms with Gasteiger partial charge in [0, 0.05) is 0 Å². The van der Waals surface area contributed by atoms with Gasteiger partial charge in [-0.1, -0.05) is 12.1 Å². The lowest BCUT2D eigenvalue weighted by Gasteiger charge is -2.46. The summed E-state index contributed by atoms with van der Waals surface area (Å²) in [4.78, 5) is 0. The average Bonchev–Trinajstić information content (AvgIpc) is 2.26. The third-order valence-electron chi connectivity index (χ3n) is 2.88. The number of alkyl halides is 2. The quantitative estimate of drug-likeness (QED) is 0.753. The molecule has 0 amide bonds. The predicted octanol–water partition coefficient (Wildman–Crippen LogP) is 2.58. The Bertz CT molecular complexity index is 361. The summed E-state index contributed by atoms with van der Waals surface area (Å²) in [7, 11) is 1.53. The van der Waals surface area contributed by atoms with E-state index in [1.54, 1.807) is 24.3 Å². The molecule has 0 radical (unpaired) electrons. The van der Waals surface area contributed by atoms with Crippen LogP contribution in [0.15, 0.2) is 24.3 Å². The van der Waals surface area contributed by atoms with Crippen LogP contribution >= 0.6 is 0 Å². The van der Waals surface area contributed by atoms with Crippen LogP contribution in [0.1, 0.15) is 12.5 Å². The van der Waals surface area contributed by atoms with Crippen LogP contribution in [0.3, 0.4) is 0 Å². The fourth-order valence-electron chi connectivity index (χ4n) is 1.60. The highest BCUT2D eigenvalue weighted by Gasteiger charge is 2.61. The maximum Gasteiger partial charge on any atom is 0.303 e. The van der Waals surface area contributed by atoms with E-state index in [4.69, 9.17) is 9.47 Å². The van der Waals surface area contributed by atoms with Crippen molar-refractivity contribution in [3.05, 3.63) is 29.8 Å². The summed E-state index contributed by atoms with van der Waals surface area (Å²) in [6.45, 7) is 0.897. The highest BCUT2D eigenvalue weighted by molar-refractivity contribution is 5.33. The Balaban J connectivity index is 2.30. The van der Waals surface area contributed by atoms with E-state index in [-0.39, 0.29) is 0 Å². The van der Waals surface area contributed by atoms with Crippen molar-refractivity contribution in [3.8, 4) is 5.75 Å². The highest BCUT2D eigenvalue weighted by atomic mass is 19.3. The fraction of sp³-hybridized carbons (Fsp3) is 0.455. The van der Waals surface area contributed by atoms with E-state index in [1.165, 1.54) is 14.0 Å². The molecule has 1 aromatic rings. The van der Waals surface area contributed by atoms with Crippen LogP contribution in [0.25, 0.3) is 0 Å². The molecule has 1 saturated heterocycles. The van der Waals surface area contributed by atoms with Gasteiger partial charge in [-0.05, 0) is 24.6 Å². The van der Waals surface area contributed by atoms with Crippen molar-refractivity contribution in [3.63, 3.8) is 0 Å². The van der Waals surface area contributed by atoms with Crippen molar-refractivity contribution in [1.82, 2.24) is 0 Å². The van der Waals surface area contributed by atoms with Gasteiger partial charge in [-0.15, -0.1) is 0 Å². The van der Waals surface area contributed by atoms with Crippen LogP contribution in [-0.4, -0.2) is 19.6 Å². The lowest BCUT2D eigenvalue weighted by atomic mass is 9.85. The second-order valence-electron chi connectivity index (χ2n) is 3.75. The van der Waals surface area contributed by atoms with Gasteiger partial charge in [0.25, 0.3) is 0 Å². The maximum absolute atomic E-state index is 13.3. The van der Waals surface area contributed by atoms with Crippen LogP contribution < -0.4 is 4.74 Å². The van der Waals surface area contributed by atoms with Gasteiger partial charge in [0.05, 0.1) is 7.11 Å². The molecule has 2 nitrogen and oxygen atoms in total. The molecule has 1 aliphatic heterocycles. The Morgan fingerprint density at radius 3 is 2.20 bits per heavy atom. The van der Waals surface area contributed by atoms with Gasteiger partial charge in [-0.2, -0.15) is 0 Å². The smallest absolute Gasteiger partial charge is 0.303 e. The van der Waals surface area contributed by atoms with Crippen molar-refractivity contribution >= 4 is 0 Å². The zero-order valence-corrected chi connectivity index (χ0v) is 8.59. The van der Waals surface area contributed by atoms with Gasteiger partial charge in [-0.25, -0.2) is 8.78 Å². The number of benzene rings is 1. The van der Waals surface area contributed by atoms with Gasteiger partial charge >= 0.3 is 5.92 Å². The third-order valence-corrected chi connectivity index (χ3v) is 2.88. The monoisotopic (exact) mass is 214 g/mol. The van der Waals surface area contributed by atoms with E-state index in [0.29, 0.717) is 11.3 Å². The summed E-state index contributed by atoms with van der Waals surface area (Å²) in [6, 6.07) is 6.51. The lowest BCUT2D eigenvalue weighted by molar-refractivity contribution is -0.329. The molecule has 0 aromatic heterocycles. The zero-order chi connectivity index (χ0) is 11.1. The standard InChI is InChI=1S/C11H12F2O2/c1-10(11(12,13)7-15-10)8-3-5-9(14-2)6-4-8/h3-6H,7H2,1-2H3. The Hall–Kier alpha value is -1.16. The molecule has 2 rings (SSSR count). The number of hydrogen-bond donors (Lipinski definition) is 0. The van der Waals surface area contributed by atoms with Crippen molar-refractivity contribution in [1.29, 1.82) is 0 Å². The van der Waals surface area contributed by atoms with E-state index in [2.05, 4.69) is 0 Å². The number of rotatable bonds is 2. The summed E-state index contributed by atoms with van der Waals surface area (Å²) in [5.74, 6) is -2.15. The molecular formula is C11H12F2O2. The van der Waals surface area contributed by atoms with E-state index in [9.17, 15) is 8.78 Å². The van der Waals surface area contributed by atoms with Crippen molar-refractivity contribution < 1.29 is 18.3 Å². The minimum Gasteiger partial charge on any atom is -0.497 e. The number of methoxy groups -OCH3 is 1. The first-order chi connectivity index (χ1) is 6.99. The minimum atomic E-state index is -2.79. The third kappa shape index (κ3) is 1.40. The molecule has 82 valence electrons. The SMILES string of the molecule is COc1ccc(C2(C)OCC2(F)F)cc1. The molecule has 0 N–H and O–H groups in total. The van der Waals surface area contributed by atoms with E-state index in [0.717, 1.165) is 0 Å². The topological polar surface area (TPSA) is 18.5 Å². The Morgan fingerprint density at radius 2 is 1.87 bits per heavy atom. The molecule has 1 atom stereocenters. The Labute approximate surface area is 86.8 Å². The molecule has 1 heterocycles. The Kier molecular flexibility index (Phi) is 2.19. The molecule has 15 heavy (non-hydrogen) atoms. The molecule has 4 heteroatoms. The van der Waals surface area contributed by atoms with Crippen molar-refractivity contribution in [2.24, 2.45) is 0 Å². The summed E-state index contributed by atoms with van der Waals surface area (Å²) in [6.07, 6.45) is 0. The first-order valence-corrected chi connectivity index (χ1v) is 4.66. The van der Waals surface area contributed by atoms with Crippen molar-refractivity contribution in [2.45, 2.75) is 18.4 Å². The molecule has 1 fully saturated rings. The van der Waals surface area contributed by atoms with Crippen LogP contribution in [0, 0.1) is 0 Å². The lowest BCUT2D eigenvalue weighted by Crippen LogP contribution is -2.58. The highest BCUT2D eigenvalue weighted by Crippen LogP contribution is 2.49. The largest absolute Gasteiger partial charge is 0.497 e. The normalized spacial score (nSPS) is 28.3. The predicted molar refractivity (Wildman–Crippen MR) is 51.2 cm³/mol. The molecule has 1 unspecified atom stereocenters. The molecule has 0 saturated carbocycles.